The minimum Gasteiger partial charge on any atom is -0.387 e. The van der Waals surface area contributed by atoms with Crippen molar-refractivity contribution in [3.8, 4) is 0 Å². The van der Waals surface area contributed by atoms with Gasteiger partial charge in [0.05, 0.1) is 17.5 Å². The molecule has 7 heteroatoms. The number of amides is 1. The monoisotopic (exact) mass is 513 g/mol. The fourth-order valence-electron chi connectivity index (χ4n) is 4.51. The number of nitrogens with zero attached hydrogens (tertiary/aromatic N) is 2. The maximum absolute atomic E-state index is 14.9. The van der Waals surface area contributed by atoms with E-state index in [1.807, 2.05) is 65.0 Å². The molecule has 5 nitrogen and oxygen atoms in total. The molecule has 0 fully saturated rings. The molecule has 0 heterocycles. The Morgan fingerprint density at radius 2 is 1.81 bits per heavy atom. The van der Waals surface area contributed by atoms with Crippen LogP contribution < -0.4 is 5.73 Å². The molecule has 0 aliphatic carbocycles. The van der Waals surface area contributed by atoms with Gasteiger partial charge in [-0.25, -0.2) is 8.78 Å². The topological polar surface area (TPSA) is 78.9 Å². The van der Waals surface area contributed by atoms with E-state index in [0.717, 1.165) is 23.3 Å². The van der Waals surface area contributed by atoms with Gasteiger partial charge in [0.2, 0.25) is 5.91 Å². The second-order valence-electron chi connectivity index (χ2n) is 10.4. The maximum atomic E-state index is 14.9. The van der Waals surface area contributed by atoms with Crippen molar-refractivity contribution in [2.75, 3.05) is 19.7 Å². The Bertz CT molecular complexity index is 1090. The third-order valence-electron chi connectivity index (χ3n) is 6.18. The van der Waals surface area contributed by atoms with Gasteiger partial charge in [-0.2, -0.15) is 0 Å². The highest BCUT2D eigenvalue weighted by molar-refractivity contribution is 6.01. The predicted octanol–water partition coefficient (Wildman–Crippen LogP) is 5.66. The molecule has 0 bridgehead atoms. The maximum Gasteiger partial charge on any atom is 0.248 e. The molecule has 0 aliphatic rings. The van der Waals surface area contributed by atoms with Crippen LogP contribution in [0.3, 0.4) is 0 Å². The first-order valence-electron chi connectivity index (χ1n) is 12.9. The molecule has 2 aromatic rings. The lowest BCUT2D eigenvalue weighted by Crippen LogP contribution is -2.50. The molecular weight excluding hydrogens is 472 g/mol. The number of allylic oxidation sites excluding steroid dienone is 1. The van der Waals surface area contributed by atoms with Crippen molar-refractivity contribution in [1.29, 1.82) is 0 Å². The van der Waals surface area contributed by atoms with Crippen LogP contribution in [0.4, 0.5) is 8.78 Å². The molecule has 0 saturated carbocycles. The summed E-state index contributed by atoms with van der Waals surface area (Å²) in [6, 6.07) is 12.7. The quantitative estimate of drug-likeness (QED) is 0.360. The Labute approximate surface area is 220 Å². The van der Waals surface area contributed by atoms with Crippen molar-refractivity contribution < 1.29 is 18.7 Å². The van der Waals surface area contributed by atoms with Crippen molar-refractivity contribution in [3.63, 3.8) is 0 Å². The first-order valence-corrected chi connectivity index (χ1v) is 12.9. The highest BCUT2D eigenvalue weighted by atomic mass is 19.1. The van der Waals surface area contributed by atoms with Crippen LogP contribution in [0, 0.1) is 17.0 Å². The summed E-state index contributed by atoms with van der Waals surface area (Å²) in [5.74, 6) is -1.52. The van der Waals surface area contributed by atoms with Crippen molar-refractivity contribution in [3.05, 3.63) is 82.6 Å². The number of aliphatic imine (C=N–C) groups is 1. The second kappa shape index (κ2) is 14.1. The molecule has 1 unspecified atom stereocenters. The van der Waals surface area contributed by atoms with Gasteiger partial charge in [-0.3, -0.25) is 9.79 Å². The molecule has 0 saturated heterocycles. The lowest BCUT2D eigenvalue weighted by Gasteiger charge is -2.41. The van der Waals surface area contributed by atoms with Crippen LogP contribution in [0.1, 0.15) is 65.0 Å². The molecule has 0 aliphatic heterocycles. The van der Waals surface area contributed by atoms with Crippen molar-refractivity contribution >= 4 is 11.6 Å². The van der Waals surface area contributed by atoms with E-state index in [-0.39, 0.29) is 5.56 Å². The third kappa shape index (κ3) is 8.58. The van der Waals surface area contributed by atoms with Gasteiger partial charge >= 0.3 is 0 Å². The van der Waals surface area contributed by atoms with Crippen molar-refractivity contribution in [1.82, 2.24) is 4.90 Å². The SMILES string of the molecule is CCCC(=N/C(=C(\C)Cc1ccccc1)C(N(CCCN)C(=O)CO)C(C)(C)C)c1cc(F)ccc1F. The van der Waals surface area contributed by atoms with E-state index in [1.165, 1.54) is 6.07 Å². The number of hydrogen-bond donors (Lipinski definition) is 2. The lowest BCUT2D eigenvalue weighted by molar-refractivity contribution is -0.138. The summed E-state index contributed by atoms with van der Waals surface area (Å²) in [4.78, 5) is 19.7. The molecule has 0 radical (unpaired) electrons. The fourth-order valence-corrected chi connectivity index (χ4v) is 4.51. The van der Waals surface area contributed by atoms with E-state index < -0.39 is 35.6 Å². The Balaban J connectivity index is 2.85. The average molecular weight is 514 g/mol. The van der Waals surface area contributed by atoms with Crippen LogP contribution in [0.25, 0.3) is 0 Å². The van der Waals surface area contributed by atoms with E-state index in [0.29, 0.717) is 50.2 Å². The summed E-state index contributed by atoms with van der Waals surface area (Å²) >= 11 is 0. The number of nitrogens with two attached hydrogens (primary N) is 1. The van der Waals surface area contributed by atoms with Gasteiger partial charge in [0.1, 0.15) is 18.2 Å². The van der Waals surface area contributed by atoms with Crippen LogP contribution in [-0.4, -0.2) is 47.4 Å². The van der Waals surface area contributed by atoms with E-state index in [1.54, 1.807) is 4.90 Å². The molecule has 1 atom stereocenters. The molecule has 202 valence electrons. The number of halogens is 2. The van der Waals surface area contributed by atoms with Crippen LogP contribution in [-0.2, 0) is 11.2 Å². The zero-order chi connectivity index (χ0) is 27.6. The van der Waals surface area contributed by atoms with Crippen LogP contribution in [0.2, 0.25) is 0 Å². The first kappa shape index (κ1) is 30.3. The fraction of sp³-hybridized carbons (Fsp3) is 0.467. The number of hydrogen-bond acceptors (Lipinski definition) is 4. The van der Waals surface area contributed by atoms with E-state index >= 15 is 0 Å². The van der Waals surface area contributed by atoms with Gasteiger partial charge in [0, 0.05) is 12.1 Å². The Morgan fingerprint density at radius 1 is 1.14 bits per heavy atom. The van der Waals surface area contributed by atoms with E-state index in [9.17, 15) is 18.7 Å². The van der Waals surface area contributed by atoms with Crippen LogP contribution >= 0.6 is 0 Å². The number of carbonyl (C=O) groups is 1. The van der Waals surface area contributed by atoms with Gasteiger partial charge in [-0.1, -0.05) is 64.4 Å². The molecular formula is C30H41F2N3O2. The molecule has 0 aromatic heterocycles. The Morgan fingerprint density at radius 3 is 2.38 bits per heavy atom. The third-order valence-corrected chi connectivity index (χ3v) is 6.18. The molecule has 1 amide bonds. The molecule has 0 spiro atoms. The molecule has 2 aromatic carbocycles. The number of aliphatic hydroxyl groups excluding tert-OH is 1. The van der Waals surface area contributed by atoms with E-state index in [4.69, 9.17) is 10.7 Å². The van der Waals surface area contributed by atoms with Gasteiger partial charge in [-0.15, -0.1) is 0 Å². The summed E-state index contributed by atoms with van der Waals surface area (Å²) < 4.78 is 29.1. The predicted molar refractivity (Wildman–Crippen MR) is 146 cm³/mol. The zero-order valence-electron chi connectivity index (χ0n) is 22.7. The summed E-state index contributed by atoms with van der Waals surface area (Å²) in [6.07, 6.45) is 2.21. The molecule has 2 rings (SSSR count). The van der Waals surface area contributed by atoms with Gasteiger partial charge in [0.15, 0.2) is 0 Å². The highest BCUT2D eigenvalue weighted by Gasteiger charge is 2.37. The highest BCUT2D eigenvalue weighted by Crippen LogP contribution is 2.34. The Hall–Kier alpha value is -2.90. The van der Waals surface area contributed by atoms with Crippen molar-refractivity contribution in [2.24, 2.45) is 16.1 Å². The van der Waals surface area contributed by atoms with Gasteiger partial charge in [-0.05, 0) is 67.5 Å². The summed E-state index contributed by atoms with van der Waals surface area (Å²) in [7, 11) is 0. The number of rotatable bonds is 12. The summed E-state index contributed by atoms with van der Waals surface area (Å²) in [5, 5.41) is 9.82. The van der Waals surface area contributed by atoms with E-state index in [2.05, 4.69) is 0 Å². The van der Waals surface area contributed by atoms with Gasteiger partial charge in [0.25, 0.3) is 0 Å². The largest absolute Gasteiger partial charge is 0.387 e. The first-order chi connectivity index (χ1) is 17.5. The van der Waals surface area contributed by atoms with Crippen LogP contribution in [0.15, 0.2) is 64.8 Å². The minimum atomic E-state index is -0.647. The standard InChI is InChI=1S/C30H41F2N3O2/c1-6-11-26(24-19-23(31)14-15-25(24)32)34-28(21(2)18-22-12-8-7-9-13-22)29(30(3,4)5)35(17-10-16-33)27(37)20-36/h7-9,12-15,19,29,36H,6,10-11,16-18,20,33H2,1-5H3/b28-21+,34-26?. The number of aliphatic hydroxyl groups is 1. The van der Waals surface area contributed by atoms with Crippen molar-refractivity contribution in [2.45, 2.75) is 66.3 Å². The molecule has 37 heavy (non-hydrogen) atoms. The average Bonchev–Trinajstić information content (AvgIpc) is 2.85. The minimum absolute atomic E-state index is 0.113. The smallest absolute Gasteiger partial charge is 0.248 e. The normalized spacial score (nSPS) is 13.8. The summed E-state index contributed by atoms with van der Waals surface area (Å²) in [6.45, 7) is 10.0. The number of carbonyl (C=O) groups excluding carboxylic acids is 1. The van der Waals surface area contributed by atoms with Gasteiger partial charge < -0.3 is 15.7 Å². The molecule has 3 N–H and O–H groups in total. The second-order valence-corrected chi connectivity index (χ2v) is 10.4. The zero-order valence-corrected chi connectivity index (χ0v) is 22.7. The lowest BCUT2D eigenvalue weighted by atomic mass is 9.81. The summed E-state index contributed by atoms with van der Waals surface area (Å²) in [5.41, 5.74) is 8.40. The van der Waals surface area contributed by atoms with Crippen LogP contribution in [0.5, 0.6) is 0 Å². The number of benzene rings is 2. The Kier molecular flexibility index (Phi) is 11.6.